The van der Waals surface area contributed by atoms with Gasteiger partial charge in [-0.05, 0) is 61.1 Å². The summed E-state index contributed by atoms with van der Waals surface area (Å²) in [7, 11) is 1.63. The fraction of sp³-hybridized carbons (Fsp3) is 0.111. The van der Waals surface area contributed by atoms with Crippen LogP contribution in [0.3, 0.4) is 0 Å². The summed E-state index contributed by atoms with van der Waals surface area (Å²) in [5.41, 5.74) is 6.43. The second-order valence-corrected chi connectivity index (χ2v) is 5.79. The molecule has 0 radical (unpaired) electrons. The number of hydrazone groups is 1. The highest BCUT2D eigenvalue weighted by molar-refractivity contribution is 7.80. The summed E-state index contributed by atoms with van der Waals surface area (Å²) in [5.74, 6) is 0.789. The summed E-state index contributed by atoms with van der Waals surface area (Å²) in [6.45, 7) is 1.91. The zero-order chi connectivity index (χ0) is 18.4. The monoisotopic (exact) mass is 366 g/mol. The molecule has 0 fully saturated rings. The Hall–Kier alpha value is -3.26. The Morgan fingerprint density at radius 3 is 2.46 bits per heavy atom. The lowest BCUT2D eigenvalue weighted by Crippen LogP contribution is -2.24. The minimum Gasteiger partial charge on any atom is -0.497 e. The number of anilines is 1. The van der Waals surface area contributed by atoms with Gasteiger partial charge in [-0.25, -0.2) is 9.67 Å². The summed E-state index contributed by atoms with van der Waals surface area (Å²) in [6.07, 6.45) is 3.15. The molecule has 7 nitrogen and oxygen atoms in total. The van der Waals surface area contributed by atoms with Crippen molar-refractivity contribution >= 4 is 28.7 Å². The Bertz CT molecular complexity index is 888. The fourth-order valence-electron chi connectivity index (χ4n) is 2.23. The average Bonchev–Trinajstić information content (AvgIpc) is 3.21. The summed E-state index contributed by atoms with van der Waals surface area (Å²) in [4.78, 5) is 3.94. The van der Waals surface area contributed by atoms with Gasteiger partial charge in [-0.15, -0.1) is 0 Å². The summed E-state index contributed by atoms with van der Waals surface area (Å²) >= 11 is 5.26. The van der Waals surface area contributed by atoms with E-state index in [0.717, 1.165) is 28.4 Å². The van der Waals surface area contributed by atoms with E-state index < -0.39 is 0 Å². The third kappa shape index (κ3) is 4.42. The van der Waals surface area contributed by atoms with Crippen LogP contribution in [0.1, 0.15) is 12.5 Å². The van der Waals surface area contributed by atoms with E-state index in [4.69, 9.17) is 17.0 Å². The molecule has 0 aliphatic carbocycles. The molecule has 2 aromatic carbocycles. The zero-order valence-electron chi connectivity index (χ0n) is 14.4. The van der Waals surface area contributed by atoms with Crippen LogP contribution < -0.4 is 15.5 Å². The molecule has 0 amide bonds. The number of nitrogens with one attached hydrogen (secondary N) is 2. The van der Waals surface area contributed by atoms with Crippen LogP contribution >= 0.6 is 12.2 Å². The molecule has 0 aliphatic rings. The number of hydrogen-bond donors (Lipinski definition) is 2. The van der Waals surface area contributed by atoms with Gasteiger partial charge < -0.3 is 10.1 Å². The quantitative estimate of drug-likeness (QED) is 0.411. The lowest BCUT2D eigenvalue weighted by atomic mass is 10.1. The lowest BCUT2D eigenvalue weighted by molar-refractivity contribution is 0.415. The van der Waals surface area contributed by atoms with Crippen molar-refractivity contribution in [2.75, 3.05) is 12.4 Å². The smallest absolute Gasteiger partial charge is 0.191 e. The van der Waals surface area contributed by atoms with Crippen molar-refractivity contribution in [3.05, 3.63) is 66.7 Å². The Balaban J connectivity index is 1.59. The maximum absolute atomic E-state index is 5.26. The molecule has 1 aromatic heterocycles. The molecule has 0 spiro atoms. The van der Waals surface area contributed by atoms with E-state index in [-0.39, 0.29) is 0 Å². The normalized spacial score (nSPS) is 11.1. The van der Waals surface area contributed by atoms with Crippen molar-refractivity contribution in [2.45, 2.75) is 6.92 Å². The SMILES string of the molecule is COc1ccc(NC(=S)N/N=C(\C)c2ccc(-n3cncn3)cc2)cc1. The first-order valence-corrected chi connectivity index (χ1v) is 8.27. The van der Waals surface area contributed by atoms with Crippen LogP contribution in [-0.4, -0.2) is 32.7 Å². The maximum atomic E-state index is 5.26. The van der Waals surface area contributed by atoms with Gasteiger partial charge in [-0.2, -0.15) is 10.2 Å². The molecule has 3 aromatic rings. The van der Waals surface area contributed by atoms with E-state index in [1.165, 1.54) is 6.33 Å². The number of ether oxygens (including phenoxy) is 1. The predicted octanol–water partition coefficient (Wildman–Crippen LogP) is 2.99. The summed E-state index contributed by atoms with van der Waals surface area (Å²) in [5, 5.41) is 11.9. The molecule has 0 unspecified atom stereocenters. The number of hydrogen-bond acceptors (Lipinski definition) is 5. The molecular formula is C18H18N6OS. The molecule has 26 heavy (non-hydrogen) atoms. The second kappa shape index (κ2) is 8.21. The van der Waals surface area contributed by atoms with E-state index in [1.807, 2.05) is 55.5 Å². The Morgan fingerprint density at radius 1 is 1.12 bits per heavy atom. The van der Waals surface area contributed by atoms with Crippen LogP contribution in [0.25, 0.3) is 5.69 Å². The van der Waals surface area contributed by atoms with Crippen molar-refractivity contribution in [3.8, 4) is 11.4 Å². The Morgan fingerprint density at radius 2 is 1.85 bits per heavy atom. The van der Waals surface area contributed by atoms with Gasteiger partial charge in [0.15, 0.2) is 5.11 Å². The lowest BCUT2D eigenvalue weighted by Gasteiger charge is -2.09. The number of aromatic nitrogens is 3. The molecule has 0 atom stereocenters. The molecule has 132 valence electrons. The Labute approximate surface area is 156 Å². The van der Waals surface area contributed by atoms with Crippen molar-refractivity contribution in [1.29, 1.82) is 0 Å². The highest BCUT2D eigenvalue weighted by Crippen LogP contribution is 2.14. The van der Waals surface area contributed by atoms with Crippen LogP contribution in [0.4, 0.5) is 5.69 Å². The molecule has 0 aliphatic heterocycles. The molecule has 2 N–H and O–H groups in total. The minimum absolute atomic E-state index is 0.411. The number of nitrogens with zero attached hydrogens (tertiary/aromatic N) is 4. The second-order valence-electron chi connectivity index (χ2n) is 5.38. The van der Waals surface area contributed by atoms with Crippen molar-refractivity contribution in [2.24, 2.45) is 5.10 Å². The van der Waals surface area contributed by atoms with Gasteiger partial charge in [0.1, 0.15) is 18.4 Å². The van der Waals surface area contributed by atoms with Crippen LogP contribution in [0.15, 0.2) is 66.3 Å². The molecule has 8 heteroatoms. The van der Waals surface area contributed by atoms with Crippen LogP contribution in [0.2, 0.25) is 0 Å². The average molecular weight is 366 g/mol. The minimum atomic E-state index is 0.411. The summed E-state index contributed by atoms with van der Waals surface area (Å²) < 4.78 is 6.82. The molecule has 0 bridgehead atoms. The highest BCUT2D eigenvalue weighted by Gasteiger charge is 2.02. The molecule has 0 saturated heterocycles. The molecule has 0 saturated carbocycles. The van der Waals surface area contributed by atoms with Crippen molar-refractivity contribution < 1.29 is 4.74 Å². The number of methoxy groups -OCH3 is 1. The van der Waals surface area contributed by atoms with Crippen LogP contribution in [0.5, 0.6) is 5.75 Å². The van der Waals surface area contributed by atoms with Gasteiger partial charge >= 0.3 is 0 Å². The first-order valence-electron chi connectivity index (χ1n) is 7.86. The van der Waals surface area contributed by atoms with Crippen molar-refractivity contribution in [3.63, 3.8) is 0 Å². The van der Waals surface area contributed by atoms with Gasteiger partial charge in [-0.1, -0.05) is 12.1 Å². The zero-order valence-corrected chi connectivity index (χ0v) is 15.2. The highest BCUT2D eigenvalue weighted by atomic mass is 32.1. The summed E-state index contributed by atoms with van der Waals surface area (Å²) in [6, 6.07) is 15.3. The van der Waals surface area contributed by atoms with E-state index in [1.54, 1.807) is 18.1 Å². The predicted molar refractivity (Wildman–Crippen MR) is 106 cm³/mol. The van der Waals surface area contributed by atoms with E-state index in [9.17, 15) is 0 Å². The van der Waals surface area contributed by atoms with E-state index >= 15 is 0 Å². The van der Waals surface area contributed by atoms with Gasteiger partial charge in [0.25, 0.3) is 0 Å². The first-order chi connectivity index (χ1) is 12.7. The first kappa shape index (κ1) is 17.6. The largest absolute Gasteiger partial charge is 0.497 e. The Kier molecular flexibility index (Phi) is 5.55. The van der Waals surface area contributed by atoms with E-state index in [2.05, 4.69) is 25.9 Å². The van der Waals surface area contributed by atoms with Gasteiger partial charge in [-0.3, -0.25) is 5.43 Å². The number of benzene rings is 2. The topological polar surface area (TPSA) is 76.4 Å². The van der Waals surface area contributed by atoms with Crippen LogP contribution in [0, 0.1) is 0 Å². The van der Waals surface area contributed by atoms with Gasteiger partial charge in [0, 0.05) is 5.69 Å². The number of thiocarbonyl (C=S) groups is 1. The van der Waals surface area contributed by atoms with Gasteiger partial charge in [0.05, 0.1) is 18.5 Å². The third-order valence-electron chi connectivity index (χ3n) is 3.64. The fourth-order valence-corrected chi connectivity index (χ4v) is 2.39. The van der Waals surface area contributed by atoms with Crippen molar-refractivity contribution in [1.82, 2.24) is 20.2 Å². The molecule has 1 heterocycles. The van der Waals surface area contributed by atoms with Gasteiger partial charge in [0.2, 0.25) is 0 Å². The maximum Gasteiger partial charge on any atom is 0.191 e. The standard InChI is InChI=1S/C18H18N6OS/c1-13(14-3-7-16(8-4-14)24-12-19-11-20-24)22-23-18(26)21-15-5-9-17(25-2)10-6-15/h3-12H,1-2H3,(H2,21,23,26)/b22-13+. The number of rotatable bonds is 5. The molecular weight excluding hydrogens is 348 g/mol. The van der Waals surface area contributed by atoms with Crippen LogP contribution in [-0.2, 0) is 0 Å². The third-order valence-corrected chi connectivity index (χ3v) is 3.83. The molecule has 3 rings (SSSR count). The van der Waals surface area contributed by atoms with E-state index in [0.29, 0.717) is 5.11 Å².